The van der Waals surface area contributed by atoms with Crippen LogP contribution >= 0.6 is 0 Å². The molecule has 1 amide bonds. The molecule has 210 valence electrons. The number of benzene rings is 4. The van der Waals surface area contributed by atoms with Gasteiger partial charge in [0.05, 0.1) is 30.9 Å². The van der Waals surface area contributed by atoms with Crippen LogP contribution in [0.2, 0.25) is 0 Å². The summed E-state index contributed by atoms with van der Waals surface area (Å²) in [4.78, 5) is 25.1. The third-order valence-electron chi connectivity index (χ3n) is 5.83. The monoisotopic (exact) mass is 573 g/mol. The second kappa shape index (κ2) is 12.8. The van der Waals surface area contributed by atoms with E-state index in [1.54, 1.807) is 54.6 Å². The molecule has 4 rings (SSSR count). The quantitative estimate of drug-likeness (QED) is 0.121. The van der Waals surface area contributed by atoms with Crippen LogP contribution in [0.3, 0.4) is 0 Å². The van der Waals surface area contributed by atoms with E-state index in [9.17, 15) is 18.0 Å². The van der Waals surface area contributed by atoms with Gasteiger partial charge in [0.2, 0.25) is 0 Å². The number of carbonyl (C=O) groups excluding carboxylic acids is 2. The van der Waals surface area contributed by atoms with Crippen LogP contribution in [-0.2, 0) is 10.0 Å². The number of amides is 1. The van der Waals surface area contributed by atoms with Crippen molar-refractivity contribution in [2.75, 3.05) is 18.9 Å². The molecule has 0 atom stereocenters. The van der Waals surface area contributed by atoms with Gasteiger partial charge in [-0.15, -0.1) is 0 Å². The van der Waals surface area contributed by atoms with Crippen LogP contribution < -0.4 is 24.4 Å². The number of rotatable bonds is 10. The number of methoxy groups -OCH3 is 2. The van der Waals surface area contributed by atoms with Crippen LogP contribution in [0.5, 0.6) is 17.2 Å². The minimum atomic E-state index is -3.76. The van der Waals surface area contributed by atoms with Crippen LogP contribution in [-0.4, -0.2) is 40.7 Å². The number of nitrogens with zero attached hydrogens (tertiary/aromatic N) is 1. The van der Waals surface area contributed by atoms with Gasteiger partial charge in [-0.25, -0.2) is 18.6 Å². The minimum absolute atomic E-state index is 0.138. The van der Waals surface area contributed by atoms with Gasteiger partial charge in [-0.05, 0) is 91.3 Å². The van der Waals surface area contributed by atoms with E-state index >= 15 is 0 Å². The second-order valence-electron chi connectivity index (χ2n) is 8.72. The predicted octanol–water partition coefficient (Wildman–Crippen LogP) is 4.80. The van der Waals surface area contributed by atoms with Gasteiger partial charge in [-0.1, -0.05) is 17.7 Å². The summed E-state index contributed by atoms with van der Waals surface area (Å²) in [6.45, 7) is 1.87. The van der Waals surface area contributed by atoms with Crippen molar-refractivity contribution in [1.29, 1.82) is 0 Å². The van der Waals surface area contributed by atoms with Gasteiger partial charge in [0.25, 0.3) is 15.9 Å². The zero-order valence-electron chi connectivity index (χ0n) is 22.5. The summed E-state index contributed by atoms with van der Waals surface area (Å²) in [5, 5.41) is 3.97. The van der Waals surface area contributed by atoms with Crippen LogP contribution in [0.4, 0.5) is 5.69 Å². The summed E-state index contributed by atoms with van der Waals surface area (Å²) < 4.78 is 43.5. The number of esters is 1. The van der Waals surface area contributed by atoms with Crippen LogP contribution in [0.1, 0.15) is 31.8 Å². The largest absolute Gasteiger partial charge is 0.497 e. The SMILES string of the molecule is COc1ccc(C(=O)Oc2ccc(C=NNC(=O)c3ccc(NS(=O)(=O)c4ccc(C)cc4)cc3)cc2OC)cc1. The fourth-order valence-corrected chi connectivity index (χ4v) is 4.64. The molecule has 4 aromatic rings. The molecule has 4 aromatic carbocycles. The lowest BCUT2D eigenvalue weighted by Gasteiger charge is -2.10. The second-order valence-corrected chi connectivity index (χ2v) is 10.4. The molecule has 0 unspecified atom stereocenters. The van der Waals surface area contributed by atoms with E-state index in [4.69, 9.17) is 14.2 Å². The Bertz CT molecular complexity index is 1670. The molecule has 10 nitrogen and oxygen atoms in total. The van der Waals surface area contributed by atoms with Crippen molar-refractivity contribution in [3.63, 3.8) is 0 Å². The van der Waals surface area contributed by atoms with Crippen molar-refractivity contribution in [1.82, 2.24) is 5.43 Å². The number of ether oxygens (including phenoxy) is 3. The zero-order chi connectivity index (χ0) is 29.4. The van der Waals surface area contributed by atoms with E-state index in [-0.39, 0.29) is 16.2 Å². The van der Waals surface area contributed by atoms with E-state index in [1.807, 2.05) is 6.92 Å². The number of aryl methyl sites for hydroxylation is 1. The van der Waals surface area contributed by atoms with Gasteiger partial charge in [0.15, 0.2) is 11.5 Å². The molecule has 0 aliphatic heterocycles. The van der Waals surface area contributed by atoms with Gasteiger partial charge in [0.1, 0.15) is 5.75 Å². The Balaban J connectivity index is 1.35. The van der Waals surface area contributed by atoms with Crippen molar-refractivity contribution < 1.29 is 32.2 Å². The lowest BCUT2D eigenvalue weighted by Crippen LogP contribution is -2.18. The molecule has 0 saturated carbocycles. The Kier molecular flexibility index (Phi) is 9.00. The summed E-state index contributed by atoms with van der Waals surface area (Å²) in [7, 11) is -0.783. The van der Waals surface area contributed by atoms with Crippen LogP contribution in [0, 0.1) is 6.92 Å². The predicted molar refractivity (Wildman–Crippen MR) is 154 cm³/mol. The van der Waals surface area contributed by atoms with Gasteiger partial charge in [0, 0.05) is 11.3 Å². The summed E-state index contributed by atoms with van der Waals surface area (Å²) in [5.41, 5.74) is 4.87. The fraction of sp³-hybridized carbons (Fsp3) is 0.100. The Morgan fingerprint density at radius 1 is 0.780 bits per heavy atom. The van der Waals surface area contributed by atoms with Gasteiger partial charge in [-0.3, -0.25) is 9.52 Å². The van der Waals surface area contributed by atoms with Crippen molar-refractivity contribution in [2.24, 2.45) is 5.10 Å². The standard InChI is InChI=1S/C30H27N3O7S/c1-20-4-15-26(16-5-20)41(36,37)33-24-11-7-22(8-12-24)29(34)32-31-19-21-6-17-27(28(18-21)39-3)40-30(35)23-9-13-25(38-2)14-10-23/h4-19,33H,1-3H3,(H,32,34). The number of hydrogen-bond acceptors (Lipinski definition) is 8. The molecule has 0 aromatic heterocycles. The third kappa shape index (κ3) is 7.49. The van der Waals surface area contributed by atoms with Gasteiger partial charge < -0.3 is 14.2 Å². The van der Waals surface area contributed by atoms with Crippen molar-refractivity contribution >= 4 is 33.8 Å². The molecule has 0 fully saturated rings. The molecule has 0 radical (unpaired) electrons. The molecule has 0 bridgehead atoms. The summed E-state index contributed by atoms with van der Waals surface area (Å²) in [5.74, 6) is 0.0754. The fourth-order valence-electron chi connectivity index (χ4n) is 3.59. The Labute approximate surface area is 237 Å². The van der Waals surface area contributed by atoms with E-state index in [0.29, 0.717) is 28.3 Å². The lowest BCUT2D eigenvalue weighted by molar-refractivity contribution is 0.0729. The van der Waals surface area contributed by atoms with E-state index in [1.165, 1.54) is 56.8 Å². The highest BCUT2D eigenvalue weighted by molar-refractivity contribution is 7.92. The summed E-state index contributed by atoms with van der Waals surface area (Å²) >= 11 is 0. The first kappa shape index (κ1) is 28.8. The molecular weight excluding hydrogens is 546 g/mol. The molecule has 11 heteroatoms. The number of nitrogens with one attached hydrogen (secondary N) is 2. The molecule has 0 aliphatic rings. The number of sulfonamides is 1. The maximum Gasteiger partial charge on any atom is 0.343 e. The highest BCUT2D eigenvalue weighted by Crippen LogP contribution is 2.28. The lowest BCUT2D eigenvalue weighted by atomic mass is 10.2. The maximum absolute atomic E-state index is 12.6. The average Bonchev–Trinajstić information content (AvgIpc) is 2.98. The number of hydrogen-bond donors (Lipinski definition) is 2. The first-order valence-electron chi connectivity index (χ1n) is 12.3. The number of anilines is 1. The third-order valence-corrected chi connectivity index (χ3v) is 7.22. The van der Waals surface area contributed by atoms with Gasteiger partial charge in [-0.2, -0.15) is 5.10 Å². The summed E-state index contributed by atoms with van der Waals surface area (Å²) in [6.07, 6.45) is 1.40. The Morgan fingerprint density at radius 2 is 1.44 bits per heavy atom. The Morgan fingerprint density at radius 3 is 2.07 bits per heavy atom. The minimum Gasteiger partial charge on any atom is -0.497 e. The van der Waals surface area contributed by atoms with E-state index in [0.717, 1.165) is 5.56 Å². The molecule has 0 spiro atoms. The first-order valence-corrected chi connectivity index (χ1v) is 13.7. The molecule has 0 aliphatic carbocycles. The topological polar surface area (TPSA) is 132 Å². The maximum atomic E-state index is 12.6. The van der Waals surface area contributed by atoms with Crippen molar-refractivity contribution in [2.45, 2.75) is 11.8 Å². The zero-order valence-corrected chi connectivity index (χ0v) is 23.3. The summed E-state index contributed by atoms with van der Waals surface area (Å²) in [6, 6.07) is 23.7. The highest BCUT2D eigenvalue weighted by atomic mass is 32.2. The Hall–Kier alpha value is -5.16. The van der Waals surface area contributed by atoms with Crippen LogP contribution in [0.15, 0.2) is 101 Å². The molecule has 2 N–H and O–H groups in total. The number of hydrazone groups is 1. The van der Waals surface area contributed by atoms with Gasteiger partial charge >= 0.3 is 5.97 Å². The van der Waals surface area contributed by atoms with E-state index in [2.05, 4.69) is 15.2 Å². The molecular formula is C30H27N3O7S. The highest BCUT2D eigenvalue weighted by Gasteiger charge is 2.15. The van der Waals surface area contributed by atoms with Crippen molar-refractivity contribution in [3.05, 3.63) is 113 Å². The molecule has 41 heavy (non-hydrogen) atoms. The first-order chi connectivity index (χ1) is 19.7. The molecule has 0 heterocycles. The molecule has 0 saturated heterocycles. The van der Waals surface area contributed by atoms with Crippen molar-refractivity contribution in [3.8, 4) is 17.2 Å². The smallest absolute Gasteiger partial charge is 0.343 e. The van der Waals surface area contributed by atoms with Crippen LogP contribution in [0.25, 0.3) is 0 Å². The normalized spacial score (nSPS) is 11.1. The average molecular weight is 574 g/mol. The number of carbonyl (C=O) groups is 2. The van der Waals surface area contributed by atoms with E-state index < -0.39 is 21.9 Å².